The third-order valence-electron chi connectivity index (χ3n) is 2.99. The number of benzene rings is 1. The van der Waals surface area contributed by atoms with Crippen molar-refractivity contribution in [3.8, 4) is 5.75 Å². The van der Waals surface area contributed by atoms with E-state index < -0.39 is 0 Å². The van der Waals surface area contributed by atoms with E-state index in [0.717, 1.165) is 24.8 Å². The van der Waals surface area contributed by atoms with Crippen LogP contribution in [0.5, 0.6) is 5.75 Å². The second kappa shape index (κ2) is 14.0. The molecular formula is C16H28IN3OS. The van der Waals surface area contributed by atoms with Crippen molar-refractivity contribution in [1.82, 2.24) is 10.6 Å². The lowest BCUT2D eigenvalue weighted by Crippen LogP contribution is -2.37. The molecule has 0 aliphatic carbocycles. The fourth-order valence-electron chi connectivity index (χ4n) is 1.82. The first-order chi connectivity index (χ1) is 10.3. The van der Waals surface area contributed by atoms with Gasteiger partial charge in [0.2, 0.25) is 0 Å². The first-order valence-corrected chi connectivity index (χ1v) is 8.83. The van der Waals surface area contributed by atoms with Gasteiger partial charge in [-0.15, -0.1) is 24.0 Å². The lowest BCUT2D eigenvalue weighted by Gasteiger charge is -2.11. The van der Waals surface area contributed by atoms with Gasteiger partial charge in [-0.25, -0.2) is 4.99 Å². The molecule has 126 valence electrons. The molecule has 0 bridgehead atoms. The van der Waals surface area contributed by atoms with Crippen molar-refractivity contribution in [2.45, 2.75) is 26.3 Å². The van der Waals surface area contributed by atoms with Gasteiger partial charge >= 0.3 is 0 Å². The molecule has 2 N–H and O–H groups in total. The molecule has 0 radical (unpaired) electrons. The van der Waals surface area contributed by atoms with E-state index in [2.05, 4.69) is 28.8 Å². The molecule has 1 rings (SSSR count). The van der Waals surface area contributed by atoms with Gasteiger partial charge in [0.05, 0.1) is 13.7 Å². The maximum atomic E-state index is 5.16. The van der Waals surface area contributed by atoms with Crippen LogP contribution in [0, 0.1) is 0 Å². The molecule has 4 nitrogen and oxygen atoms in total. The number of rotatable bonds is 9. The van der Waals surface area contributed by atoms with Gasteiger partial charge in [0.15, 0.2) is 5.96 Å². The van der Waals surface area contributed by atoms with Crippen LogP contribution in [-0.4, -0.2) is 38.2 Å². The monoisotopic (exact) mass is 437 g/mol. The van der Waals surface area contributed by atoms with Crippen molar-refractivity contribution in [2.75, 3.05) is 32.2 Å². The first-order valence-electron chi connectivity index (χ1n) is 7.44. The quantitative estimate of drug-likeness (QED) is 0.269. The van der Waals surface area contributed by atoms with E-state index in [0.29, 0.717) is 6.54 Å². The zero-order valence-electron chi connectivity index (χ0n) is 13.7. The molecule has 6 heteroatoms. The molecule has 0 aliphatic heterocycles. The summed E-state index contributed by atoms with van der Waals surface area (Å²) in [7, 11) is 1.68. The van der Waals surface area contributed by atoms with Crippen LogP contribution in [0.4, 0.5) is 0 Å². The number of unbranched alkanes of at least 4 members (excludes halogenated alkanes) is 1. The minimum absolute atomic E-state index is 0. The van der Waals surface area contributed by atoms with E-state index in [1.54, 1.807) is 7.11 Å². The highest BCUT2D eigenvalue weighted by Gasteiger charge is 1.98. The molecule has 0 aliphatic rings. The number of nitrogens with zero attached hydrogens (tertiary/aromatic N) is 1. The number of hydrogen-bond donors (Lipinski definition) is 2. The fourth-order valence-corrected chi connectivity index (χ4v) is 2.31. The van der Waals surface area contributed by atoms with Crippen molar-refractivity contribution >= 4 is 41.7 Å². The van der Waals surface area contributed by atoms with Gasteiger partial charge in [0.25, 0.3) is 0 Å². The van der Waals surface area contributed by atoms with Crippen LogP contribution in [-0.2, 0) is 6.54 Å². The Morgan fingerprint density at radius 1 is 1.18 bits per heavy atom. The zero-order chi connectivity index (χ0) is 15.3. The fraction of sp³-hybridized carbons (Fsp3) is 0.562. The van der Waals surface area contributed by atoms with Gasteiger partial charge in [0.1, 0.15) is 5.75 Å². The van der Waals surface area contributed by atoms with Crippen molar-refractivity contribution in [3.05, 3.63) is 29.8 Å². The summed E-state index contributed by atoms with van der Waals surface area (Å²) in [5.41, 5.74) is 1.18. The molecule has 0 aromatic heterocycles. The van der Waals surface area contributed by atoms with Crippen LogP contribution in [0.2, 0.25) is 0 Å². The van der Waals surface area contributed by atoms with Gasteiger partial charge in [-0.1, -0.05) is 12.1 Å². The second-order valence-electron chi connectivity index (χ2n) is 4.67. The predicted molar refractivity (Wildman–Crippen MR) is 109 cm³/mol. The number of methoxy groups -OCH3 is 1. The number of hydrogen-bond acceptors (Lipinski definition) is 3. The SMILES string of the molecule is CCNC(=NCc1ccc(OC)cc1)NCCCCSC.I. The number of aliphatic imine (C=N–C) groups is 1. The summed E-state index contributed by atoms with van der Waals surface area (Å²) in [4.78, 5) is 4.61. The largest absolute Gasteiger partial charge is 0.497 e. The minimum Gasteiger partial charge on any atom is -0.497 e. The van der Waals surface area contributed by atoms with Gasteiger partial charge in [0, 0.05) is 13.1 Å². The molecule has 0 amide bonds. The Balaban J connectivity index is 0.00000441. The minimum atomic E-state index is 0. The molecule has 0 heterocycles. The van der Waals surface area contributed by atoms with E-state index in [-0.39, 0.29) is 24.0 Å². The molecule has 0 saturated heterocycles. The summed E-state index contributed by atoms with van der Waals surface area (Å²) in [5.74, 6) is 2.99. The first kappa shape index (κ1) is 21.4. The van der Waals surface area contributed by atoms with Crippen LogP contribution in [0.15, 0.2) is 29.3 Å². The molecule has 0 spiro atoms. The molecule has 22 heavy (non-hydrogen) atoms. The smallest absolute Gasteiger partial charge is 0.191 e. The Morgan fingerprint density at radius 3 is 2.50 bits per heavy atom. The lowest BCUT2D eigenvalue weighted by molar-refractivity contribution is 0.414. The Hall–Kier alpha value is -0.630. The molecule has 0 saturated carbocycles. The van der Waals surface area contributed by atoms with Crippen LogP contribution in [0.3, 0.4) is 0 Å². The van der Waals surface area contributed by atoms with E-state index in [4.69, 9.17) is 4.74 Å². The van der Waals surface area contributed by atoms with Crippen LogP contribution < -0.4 is 15.4 Å². The van der Waals surface area contributed by atoms with E-state index >= 15 is 0 Å². The number of ether oxygens (including phenoxy) is 1. The average molecular weight is 437 g/mol. The average Bonchev–Trinajstić information content (AvgIpc) is 2.52. The molecular weight excluding hydrogens is 409 g/mol. The van der Waals surface area contributed by atoms with E-state index in [1.165, 1.54) is 24.2 Å². The summed E-state index contributed by atoms with van der Waals surface area (Å²) in [5, 5.41) is 6.65. The predicted octanol–water partition coefficient (Wildman–Crippen LogP) is 3.51. The maximum Gasteiger partial charge on any atom is 0.191 e. The second-order valence-corrected chi connectivity index (χ2v) is 5.66. The Morgan fingerprint density at radius 2 is 1.91 bits per heavy atom. The summed E-state index contributed by atoms with van der Waals surface area (Å²) in [6, 6.07) is 8.02. The third-order valence-corrected chi connectivity index (χ3v) is 3.69. The highest BCUT2D eigenvalue weighted by Crippen LogP contribution is 2.11. The molecule has 0 unspecified atom stereocenters. The number of guanidine groups is 1. The molecule has 0 atom stereocenters. The summed E-state index contributed by atoms with van der Waals surface area (Å²) < 4.78 is 5.16. The number of thioether (sulfide) groups is 1. The van der Waals surface area contributed by atoms with Gasteiger partial charge < -0.3 is 15.4 Å². The van der Waals surface area contributed by atoms with Crippen LogP contribution in [0.1, 0.15) is 25.3 Å². The van der Waals surface area contributed by atoms with Crippen molar-refractivity contribution < 1.29 is 4.74 Å². The summed E-state index contributed by atoms with van der Waals surface area (Å²) >= 11 is 1.90. The zero-order valence-corrected chi connectivity index (χ0v) is 16.9. The summed E-state index contributed by atoms with van der Waals surface area (Å²) in [6.07, 6.45) is 4.56. The standard InChI is InChI=1S/C16H27N3OS.HI/c1-4-17-16(18-11-5-6-12-21-3)19-13-14-7-9-15(20-2)10-8-14;/h7-10H,4-6,11-13H2,1-3H3,(H2,17,18,19);1H. The van der Waals surface area contributed by atoms with Crippen LogP contribution in [0.25, 0.3) is 0 Å². The van der Waals surface area contributed by atoms with Gasteiger partial charge in [-0.3, -0.25) is 0 Å². The summed E-state index contributed by atoms with van der Waals surface area (Å²) in [6.45, 7) is 4.59. The number of nitrogens with one attached hydrogen (secondary N) is 2. The Labute approximate surface area is 155 Å². The Bertz CT molecular complexity index is 412. The van der Waals surface area contributed by atoms with Crippen molar-refractivity contribution in [1.29, 1.82) is 0 Å². The highest BCUT2D eigenvalue weighted by atomic mass is 127. The topological polar surface area (TPSA) is 45.7 Å². The van der Waals surface area contributed by atoms with Crippen molar-refractivity contribution in [2.24, 2.45) is 4.99 Å². The molecule has 0 fully saturated rings. The van der Waals surface area contributed by atoms with Crippen LogP contribution >= 0.6 is 35.7 Å². The highest BCUT2D eigenvalue weighted by molar-refractivity contribution is 14.0. The van der Waals surface area contributed by atoms with E-state index in [1.807, 2.05) is 36.0 Å². The third kappa shape index (κ3) is 9.40. The van der Waals surface area contributed by atoms with Crippen molar-refractivity contribution in [3.63, 3.8) is 0 Å². The van der Waals surface area contributed by atoms with Gasteiger partial charge in [-0.2, -0.15) is 11.8 Å². The molecule has 1 aromatic rings. The van der Waals surface area contributed by atoms with E-state index in [9.17, 15) is 0 Å². The Kier molecular flexibility index (Phi) is 13.6. The molecule has 1 aromatic carbocycles. The maximum absolute atomic E-state index is 5.16. The lowest BCUT2D eigenvalue weighted by atomic mass is 10.2. The van der Waals surface area contributed by atoms with Gasteiger partial charge in [-0.05, 0) is 49.5 Å². The number of halogens is 1. The normalized spacial score (nSPS) is 10.8.